The third-order valence-electron chi connectivity index (χ3n) is 5.17. The lowest BCUT2D eigenvalue weighted by Gasteiger charge is -2.11. The van der Waals surface area contributed by atoms with E-state index in [9.17, 15) is 9.59 Å². The van der Waals surface area contributed by atoms with E-state index in [1.165, 1.54) is 11.8 Å². The van der Waals surface area contributed by atoms with Crippen molar-refractivity contribution >= 4 is 23.5 Å². The SMILES string of the molecule is CSc1ncccc1C(=O)OCC(=O)c1cc(C)n(Cc2ccc3c(c2)OCO3)c1C. The number of pyridine rings is 1. The van der Waals surface area contributed by atoms with Gasteiger partial charge >= 0.3 is 5.97 Å². The number of carbonyl (C=O) groups is 2. The lowest BCUT2D eigenvalue weighted by molar-refractivity contribution is 0.0470. The number of fused-ring (bicyclic) bond motifs is 1. The molecule has 0 amide bonds. The van der Waals surface area contributed by atoms with Crippen LogP contribution in [0.3, 0.4) is 0 Å². The van der Waals surface area contributed by atoms with E-state index in [0.717, 1.165) is 28.5 Å². The lowest BCUT2D eigenvalue weighted by atomic mass is 10.1. The van der Waals surface area contributed by atoms with Crippen LogP contribution < -0.4 is 9.47 Å². The molecule has 0 aliphatic carbocycles. The number of aromatic nitrogens is 2. The molecule has 3 aromatic rings. The van der Waals surface area contributed by atoms with Gasteiger partial charge < -0.3 is 18.8 Å². The Morgan fingerprint density at radius 1 is 1.13 bits per heavy atom. The van der Waals surface area contributed by atoms with Gasteiger partial charge in [0.1, 0.15) is 5.03 Å². The number of nitrogens with zero attached hydrogens (tertiary/aromatic N) is 2. The Balaban J connectivity index is 1.46. The molecule has 1 aromatic carbocycles. The molecule has 4 rings (SSSR count). The monoisotopic (exact) mass is 438 g/mol. The van der Waals surface area contributed by atoms with E-state index in [4.69, 9.17) is 14.2 Å². The molecule has 31 heavy (non-hydrogen) atoms. The van der Waals surface area contributed by atoms with Crippen LogP contribution in [0.25, 0.3) is 0 Å². The van der Waals surface area contributed by atoms with Crippen LogP contribution in [0.4, 0.5) is 0 Å². The normalized spacial score (nSPS) is 12.1. The van der Waals surface area contributed by atoms with Gasteiger partial charge in [-0.2, -0.15) is 0 Å². The third-order valence-corrected chi connectivity index (χ3v) is 5.88. The molecule has 0 N–H and O–H groups in total. The fourth-order valence-electron chi connectivity index (χ4n) is 3.54. The van der Waals surface area contributed by atoms with E-state index in [-0.39, 0.29) is 19.2 Å². The summed E-state index contributed by atoms with van der Waals surface area (Å²) in [6, 6.07) is 11.0. The number of hydrogen-bond acceptors (Lipinski definition) is 7. The topological polar surface area (TPSA) is 79.7 Å². The quantitative estimate of drug-likeness (QED) is 0.313. The highest BCUT2D eigenvalue weighted by Gasteiger charge is 2.20. The van der Waals surface area contributed by atoms with Gasteiger partial charge in [0.2, 0.25) is 12.6 Å². The minimum atomic E-state index is -0.556. The number of benzene rings is 1. The molecule has 8 heteroatoms. The van der Waals surface area contributed by atoms with Gasteiger partial charge in [-0.3, -0.25) is 4.79 Å². The van der Waals surface area contributed by atoms with Crippen LogP contribution in [0.15, 0.2) is 47.6 Å². The van der Waals surface area contributed by atoms with Crippen LogP contribution in [0.2, 0.25) is 0 Å². The molecular weight excluding hydrogens is 416 g/mol. The van der Waals surface area contributed by atoms with E-state index >= 15 is 0 Å². The molecule has 160 valence electrons. The Morgan fingerprint density at radius 2 is 1.94 bits per heavy atom. The zero-order chi connectivity index (χ0) is 22.0. The maximum absolute atomic E-state index is 12.8. The number of ether oxygens (including phenoxy) is 3. The van der Waals surface area contributed by atoms with Gasteiger partial charge in [0, 0.05) is 29.7 Å². The predicted molar refractivity (Wildman–Crippen MR) is 116 cm³/mol. The number of Topliss-reactive ketones (excluding diaryl/α,β-unsaturated/α-hetero) is 1. The number of esters is 1. The van der Waals surface area contributed by atoms with E-state index < -0.39 is 5.97 Å². The second kappa shape index (κ2) is 8.85. The van der Waals surface area contributed by atoms with E-state index in [1.54, 1.807) is 18.3 Å². The molecule has 0 atom stereocenters. The number of rotatable bonds is 7. The van der Waals surface area contributed by atoms with Gasteiger partial charge in [0.15, 0.2) is 18.1 Å². The van der Waals surface area contributed by atoms with E-state index in [1.807, 2.05) is 44.4 Å². The number of hydrogen-bond donors (Lipinski definition) is 0. The molecular formula is C23H22N2O5S. The van der Waals surface area contributed by atoms with Crippen molar-refractivity contribution in [3.05, 3.63) is 70.7 Å². The lowest BCUT2D eigenvalue weighted by Crippen LogP contribution is -2.16. The smallest absolute Gasteiger partial charge is 0.341 e. The van der Waals surface area contributed by atoms with Crippen molar-refractivity contribution in [3.8, 4) is 11.5 Å². The van der Waals surface area contributed by atoms with Crippen LogP contribution in [0, 0.1) is 13.8 Å². The summed E-state index contributed by atoms with van der Waals surface area (Å²) in [5, 5.41) is 0.571. The highest BCUT2D eigenvalue weighted by Crippen LogP contribution is 2.33. The van der Waals surface area contributed by atoms with Crippen LogP contribution >= 0.6 is 11.8 Å². The van der Waals surface area contributed by atoms with Crippen LogP contribution in [-0.4, -0.2) is 41.0 Å². The molecule has 0 spiro atoms. The first-order valence-corrected chi connectivity index (χ1v) is 10.9. The summed E-state index contributed by atoms with van der Waals surface area (Å²) in [6.07, 6.45) is 3.45. The van der Waals surface area contributed by atoms with Crippen molar-refractivity contribution in [1.82, 2.24) is 9.55 Å². The molecule has 0 unspecified atom stereocenters. The minimum absolute atomic E-state index is 0.231. The highest BCUT2D eigenvalue weighted by molar-refractivity contribution is 7.98. The average Bonchev–Trinajstić information content (AvgIpc) is 3.36. The van der Waals surface area contributed by atoms with Crippen molar-refractivity contribution in [1.29, 1.82) is 0 Å². The van der Waals surface area contributed by atoms with Crippen molar-refractivity contribution in [2.45, 2.75) is 25.4 Å². The van der Waals surface area contributed by atoms with Crippen molar-refractivity contribution in [3.63, 3.8) is 0 Å². The standard InChI is InChI=1S/C23H22N2O5S/c1-14-9-18(19(26)12-28-23(27)17-5-4-8-24-22(17)31-3)15(2)25(14)11-16-6-7-20-21(10-16)30-13-29-20/h4-10H,11-13H2,1-3H3. The third kappa shape index (κ3) is 4.29. The average molecular weight is 439 g/mol. The summed E-state index contributed by atoms with van der Waals surface area (Å²) in [5.74, 6) is 0.664. The minimum Gasteiger partial charge on any atom is -0.454 e. The molecule has 0 fully saturated rings. The largest absolute Gasteiger partial charge is 0.454 e. The second-order valence-corrected chi connectivity index (χ2v) is 7.91. The molecule has 0 bridgehead atoms. The Bertz CT molecular complexity index is 1150. The zero-order valence-corrected chi connectivity index (χ0v) is 18.3. The van der Waals surface area contributed by atoms with Gasteiger partial charge in [-0.25, -0.2) is 9.78 Å². The van der Waals surface area contributed by atoms with Crippen molar-refractivity contribution < 1.29 is 23.8 Å². The maximum Gasteiger partial charge on any atom is 0.341 e. The summed E-state index contributed by atoms with van der Waals surface area (Å²) in [7, 11) is 0. The first-order chi connectivity index (χ1) is 15.0. The van der Waals surface area contributed by atoms with Gasteiger partial charge in [-0.1, -0.05) is 6.07 Å². The van der Waals surface area contributed by atoms with Gasteiger partial charge in [0.25, 0.3) is 0 Å². The Kier molecular flexibility index (Phi) is 5.99. The Labute approximate surface area is 184 Å². The summed E-state index contributed by atoms with van der Waals surface area (Å²) in [4.78, 5) is 29.3. The summed E-state index contributed by atoms with van der Waals surface area (Å²) < 4.78 is 18.1. The van der Waals surface area contributed by atoms with Crippen molar-refractivity contribution in [2.24, 2.45) is 0 Å². The maximum atomic E-state index is 12.8. The fraction of sp³-hybridized carbons (Fsp3) is 0.261. The van der Waals surface area contributed by atoms with Gasteiger partial charge in [-0.15, -0.1) is 11.8 Å². The summed E-state index contributed by atoms with van der Waals surface area (Å²) >= 11 is 1.35. The molecule has 1 aliphatic heterocycles. The summed E-state index contributed by atoms with van der Waals surface area (Å²) in [6.45, 7) is 4.34. The summed E-state index contributed by atoms with van der Waals surface area (Å²) in [5.41, 5.74) is 3.71. The second-order valence-electron chi connectivity index (χ2n) is 7.12. The Hall–Kier alpha value is -3.26. The fourth-order valence-corrected chi connectivity index (χ4v) is 4.08. The van der Waals surface area contributed by atoms with Crippen LogP contribution in [0.5, 0.6) is 11.5 Å². The zero-order valence-electron chi connectivity index (χ0n) is 17.5. The van der Waals surface area contributed by atoms with Gasteiger partial charge in [0.05, 0.1) is 5.56 Å². The van der Waals surface area contributed by atoms with Gasteiger partial charge in [-0.05, 0) is 56.0 Å². The molecule has 0 saturated carbocycles. The highest BCUT2D eigenvalue weighted by atomic mass is 32.2. The first kappa shape index (κ1) is 21.0. The molecule has 2 aromatic heterocycles. The van der Waals surface area contributed by atoms with E-state index in [2.05, 4.69) is 9.55 Å². The molecule has 0 radical (unpaired) electrons. The van der Waals surface area contributed by atoms with Crippen LogP contribution in [-0.2, 0) is 11.3 Å². The number of aryl methyl sites for hydroxylation is 1. The molecule has 0 saturated heterocycles. The number of ketones is 1. The van der Waals surface area contributed by atoms with Crippen molar-refractivity contribution in [2.75, 3.05) is 19.7 Å². The molecule has 1 aliphatic rings. The predicted octanol–water partition coefficient (Wildman–Crippen LogP) is 4.04. The number of thioether (sulfide) groups is 1. The number of carbonyl (C=O) groups excluding carboxylic acids is 2. The first-order valence-electron chi connectivity index (χ1n) is 9.72. The Morgan fingerprint density at radius 3 is 2.74 bits per heavy atom. The molecule has 7 nitrogen and oxygen atoms in total. The molecule has 3 heterocycles. The van der Waals surface area contributed by atoms with E-state index in [0.29, 0.717) is 22.7 Å². The van der Waals surface area contributed by atoms with Crippen LogP contribution in [0.1, 0.15) is 37.7 Å².